The topological polar surface area (TPSA) is 16.1 Å². The molecule has 2 nitrogen and oxygen atoms in total. The van der Waals surface area contributed by atoms with Crippen molar-refractivity contribution >= 4 is 19.1 Å². The van der Waals surface area contributed by atoms with Gasteiger partial charge in [-0.1, -0.05) is 11.5 Å². The predicted molar refractivity (Wildman–Crippen MR) is 51.1 cm³/mol. The Hall–Kier alpha value is -0.985. The number of nitrogens with zero attached hydrogens (tertiary/aromatic N) is 2. The lowest BCUT2D eigenvalue weighted by atomic mass is 9.99. The quantitative estimate of drug-likeness (QED) is 0.552. The third-order valence-electron chi connectivity index (χ3n) is 2.20. The first-order valence-corrected chi connectivity index (χ1v) is 4.33. The maximum absolute atomic E-state index is 5.54. The highest BCUT2D eigenvalue weighted by atomic mass is 15.2. The lowest BCUT2D eigenvalue weighted by Crippen LogP contribution is -2.19. The second kappa shape index (κ2) is 3.17. The Balaban J connectivity index is 2.17. The van der Waals surface area contributed by atoms with E-state index in [1.54, 1.807) is 6.20 Å². The minimum Gasteiger partial charge on any atom is -0.357 e. The van der Waals surface area contributed by atoms with E-state index in [0.29, 0.717) is 0 Å². The Labute approximate surface area is 74.0 Å². The number of hydrogen-bond donors (Lipinski definition) is 0. The molecule has 1 fully saturated rings. The molecule has 0 saturated carbocycles. The van der Waals surface area contributed by atoms with Gasteiger partial charge in [0.2, 0.25) is 0 Å². The van der Waals surface area contributed by atoms with E-state index < -0.39 is 0 Å². The predicted octanol–water partition coefficient (Wildman–Crippen LogP) is 0.476. The Morgan fingerprint density at radius 3 is 2.58 bits per heavy atom. The van der Waals surface area contributed by atoms with Crippen LogP contribution in [0.5, 0.6) is 0 Å². The minimum absolute atomic E-state index is 0.734. The first kappa shape index (κ1) is 7.65. The molecule has 12 heavy (non-hydrogen) atoms. The minimum atomic E-state index is 0.734. The second-order valence-corrected chi connectivity index (χ2v) is 3.14. The maximum Gasteiger partial charge on any atom is 0.128 e. The van der Waals surface area contributed by atoms with Gasteiger partial charge in [-0.25, -0.2) is 4.98 Å². The molecule has 1 aliphatic rings. The highest BCUT2D eigenvalue weighted by Crippen LogP contribution is 2.15. The molecule has 0 amide bonds. The molecule has 1 saturated heterocycles. The molecule has 1 aromatic heterocycles. The van der Waals surface area contributed by atoms with Gasteiger partial charge >= 0.3 is 0 Å². The molecule has 0 unspecified atom stereocenters. The van der Waals surface area contributed by atoms with Crippen molar-refractivity contribution in [2.45, 2.75) is 12.8 Å². The molecule has 2 rings (SSSR count). The Bertz CT molecular complexity index is 252. The summed E-state index contributed by atoms with van der Waals surface area (Å²) >= 11 is 0. The van der Waals surface area contributed by atoms with Gasteiger partial charge in [0.05, 0.1) is 0 Å². The van der Waals surface area contributed by atoms with E-state index in [1.807, 2.05) is 12.1 Å². The Morgan fingerprint density at radius 2 is 2.00 bits per heavy atom. The van der Waals surface area contributed by atoms with Crippen molar-refractivity contribution in [1.29, 1.82) is 0 Å². The average Bonchev–Trinajstić information content (AvgIpc) is 2.58. The van der Waals surface area contributed by atoms with Gasteiger partial charge in [-0.2, -0.15) is 0 Å². The van der Waals surface area contributed by atoms with Gasteiger partial charge in [0, 0.05) is 19.3 Å². The molecule has 0 N–H and O–H groups in total. The zero-order valence-electron chi connectivity index (χ0n) is 7.03. The number of pyridine rings is 1. The smallest absolute Gasteiger partial charge is 0.128 e. The SMILES string of the molecule is [B]c1ccc(N2CCCC2)nc1. The number of rotatable bonds is 1. The van der Waals surface area contributed by atoms with E-state index in [1.165, 1.54) is 12.8 Å². The monoisotopic (exact) mass is 158 g/mol. The lowest BCUT2D eigenvalue weighted by Gasteiger charge is -2.15. The van der Waals surface area contributed by atoms with Gasteiger partial charge in [0.25, 0.3) is 0 Å². The Morgan fingerprint density at radius 1 is 1.25 bits per heavy atom. The van der Waals surface area contributed by atoms with Crippen LogP contribution in [-0.4, -0.2) is 25.9 Å². The maximum atomic E-state index is 5.54. The van der Waals surface area contributed by atoms with Crippen LogP contribution in [-0.2, 0) is 0 Å². The van der Waals surface area contributed by atoms with Crippen LogP contribution in [0, 0.1) is 0 Å². The fourth-order valence-corrected chi connectivity index (χ4v) is 1.53. The van der Waals surface area contributed by atoms with E-state index >= 15 is 0 Å². The van der Waals surface area contributed by atoms with E-state index in [0.717, 1.165) is 24.4 Å². The van der Waals surface area contributed by atoms with Gasteiger partial charge in [-0.05, 0) is 18.9 Å². The van der Waals surface area contributed by atoms with Crippen molar-refractivity contribution in [3.8, 4) is 0 Å². The molecule has 0 aliphatic carbocycles. The molecular weight excluding hydrogens is 147 g/mol. The largest absolute Gasteiger partial charge is 0.357 e. The van der Waals surface area contributed by atoms with Gasteiger partial charge in [0.15, 0.2) is 0 Å². The molecule has 2 heterocycles. The third-order valence-corrected chi connectivity index (χ3v) is 2.20. The number of aromatic nitrogens is 1. The molecule has 1 aromatic rings. The zero-order valence-corrected chi connectivity index (χ0v) is 7.03. The van der Waals surface area contributed by atoms with Crippen molar-refractivity contribution in [2.75, 3.05) is 18.0 Å². The van der Waals surface area contributed by atoms with E-state index in [9.17, 15) is 0 Å². The summed E-state index contributed by atoms with van der Waals surface area (Å²) in [4.78, 5) is 6.55. The van der Waals surface area contributed by atoms with Gasteiger partial charge in [-0.15, -0.1) is 0 Å². The van der Waals surface area contributed by atoms with Crippen molar-refractivity contribution in [1.82, 2.24) is 4.98 Å². The van der Waals surface area contributed by atoms with E-state index in [-0.39, 0.29) is 0 Å². The standard InChI is InChI=1S/C9H11BN2/c10-8-3-4-9(11-7-8)12-5-1-2-6-12/h3-4,7H,1-2,5-6H2. The molecule has 0 atom stereocenters. The Kier molecular flexibility index (Phi) is 2.02. The van der Waals surface area contributed by atoms with Crippen molar-refractivity contribution in [3.05, 3.63) is 18.3 Å². The van der Waals surface area contributed by atoms with Gasteiger partial charge in [-0.3, -0.25) is 0 Å². The fourth-order valence-electron chi connectivity index (χ4n) is 1.53. The highest BCUT2D eigenvalue weighted by molar-refractivity contribution is 6.32. The van der Waals surface area contributed by atoms with Crippen LogP contribution in [0.15, 0.2) is 18.3 Å². The lowest BCUT2D eigenvalue weighted by molar-refractivity contribution is 0.939. The number of hydrogen-bond acceptors (Lipinski definition) is 2. The number of anilines is 1. The summed E-state index contributed by atoms with van der Waals surface area (Å²) in [5.74, 6) is 1.06. The molecule has 1 aliphatic heterocycles. The van der Waals surface area contributed by atoms with Gasteiger partial charge in [0.1, 0.15) is 13.7 Å². The normalized spacial score (nSPS) is 16.8. The summed E-state index contributed by atoms with van der Waals surface area (Å²) in [7, 11) is 5.54. The fraction of sp³-hybridized carbons (Fsp3) is 0.444. The molecule has 3 heteroatoms. The summed E-state index contributed by atoms with van der Waals surface area (Å²) in [5.41, 5.74) is 0.734. The summed E-state index contributed by atoms with van der Waals surface area (Å²) in [6.07, 6.45) is 4.28. The summed E-state index contributed by atoms with van der Waals surface area (Å²) in [5, 5.41) is 0. The molecule has 2 radical (unpaired) electrons. The zero-order chi connectivity index (χ0) is 8.39. The molecule has 0 spiro atoms. The van der Waals surface area contributed by atoms with Crippen LogP contribution in [0.4, 0.5) is 5.82 Å². The van der Waals surface area contributed by atoms with Crippen LogP contribution < -0.4 is 10.4 Å². The summed E-state index contributed by atoms with van der Waals surface area (Å²) < 4.78 is 0. The van der Waals surface area contributed by atoms with Crippen LogP contribution in [0.25, 0.3) is 0 Å². The van der Waals surface area contributed by atoms with Crippen LogP contribution in [0.2, 0.25) is 0 Å². The van der Waals surface area contributed by atoms with Crippen molar-refractivity contribution in [3.63, 3.8) is 0 Å². The highest BCUT2D eigenvalue weighted by Gasteiger charge is 2.12. The molecular formula is C9H11BN2. The molecule has 0 bridgehead atoms. The third kappa shape index (κ3) is 1.45. The van der Waals surface area contributed by atoms with Crippen LogP contribution in [0.3, 0.4) is 0 Å². The molecule has 0 aromatic carbocycles. The first-order valence-electron chi connectivity index (χ1n) is 4.33. The summed E-state index contributed by atoms with van der Waals surface area (Å²) in [6, 6.07) is 3.89. The second-order valence-electron chi connectivity index (χ2n) is 3.14. The van der Waals surface area contributed by atoms with Crippen LogP contribution >= 0.6 is 0 Å². The average molecular weight is 158 g/mol. The van der Waals surface area contributed by atoms with E-state index in [2.05, 4.69) is 9.88 Å². The van der Waals surface area contributed by atoms with E-state index in [4.69, 9.17) is 7.85 Å². The van der Waals surface area contributed by atoms with Crippen LogP contribution in [0.1, 0.15) is 12.8 Å². The first-order chi connectivity index (χ1) is 5.86. The van der Waals surface area contributed by atoms with Crippen molar-refractivity contribution in [2.24, 2.45) is 0 Å². The molecule has 60 valence electrons. The van der Waals surface area contributed by atoms with Crippen molar-refractivity contribution < 1.29 is 0 Å². The van der Waals surface area contributed by atoms with Gasteiger partial charge < -0.3 is 4.90 Å². The summed E-state index contributed by atoms with van der Waals surface area (Å²) in [6.45, 7) is 2.27.